The van der Waals surface area contributed by atoms with E-state index in [1.165, 1.54) is 24.3 Å². The van der Waals surface area contributed by atoms with Gasteiger partial charge in [-0.25, -0.2) is 8.78 Å². The first-order valence-corrected chi connectivity index (χ1v) is 9.21. The molecule has 9 heteroatoms. The summed E-state index contributed by atoms with van der Waals surface area (Å²) in [6.07, 6.45) is 0. The van der Waals surface area contributed by atoms with E-state index in [-0.39, 0.29) is 23.6 Å². The van der Waals surface area contributed by atoms with Gasteiger partial charge in [0, 0.05) is 23.7 Å². The summed E-state index contributed by atoms with van der Waals surface area (Å²) in [6.45, 7) is 1.93. The molecule has 0 aliphatic carbocycles. The topological polar surface area (TPSA) is 105 Å². The number of nitrogens with zero attached hydrogens (tertiary/aromatic N) is 3. The molecular formula is C21H19F2N7. The molecule has 2 aromatic carbocycles. The van der Waals surface area contributed by atoms with Gasteiger partial charge in [0.25, 0.3) is 0 Å². The van der Waals surface area contributed by atoms with Crippen LogP contribution in [-0.2, 0) is 0 Å². The zero-order valence-electron chi connectivity index (χ0n) is 16.0. The highest BCUT2D eigenvalue weighted by molar-refractivity contribution is 5.66. The standard InChI is InChI=1S/C21H19F2N7/c1-12(13-5-7-15(22)8-6-13)25-18-11-19(28-21(24)27-18)26-20-10-17(29-30-20)14-3-2-4-16(23)9-14/h2-12H,1H3,(H5,24,25,26,27,28,29,30). The Morgan fingerprint density at radius 1 is 0.900 bits per heavy atom. The third kappa shape index (κ3) is 4.52. The van der Waals surface area contributed by atoms with Crippen molar-refractivity contribution in [2.45, 2.75) is 13.0 Å². The van der Waals surface area contributed by atoms with Gasteiger partial charge in [-0.1, -0.05) is 24.3 Å². The minimum Gasteiger partial charge on any atom is -0.368 e. The van der Waals surface area contributed by atoms with Gasteiger partial charge in [0.05, 0.1) is 5.69 Å². The van der Waals surface area contributed by atoms with Crippen LogP contribution in [-0.4, -0.2) is 20.2 Å². The first-order valence-electron chi connectivity index (χ1n) is 9.21. The van der Waals surface area contributed by atoms with E-state index in [0.29, 0.717) is 28.7 Å². The van der Waals surface area contributed by atoms with Crippen LogP contribution in [0, 0.1) is 11.6 Å². The fourth-order valence-corrected chi connectivity index (χ4v) is 2.98. The van der Waals surface area contributed by atoms with Gasteiger partial charge >= 0.3 is 0 Å². The molecule has 0 bridgehead atoms. The molecule has 0 fully saturated rings. The lowest BCUT2D eigenvalue weighted by Crippen LogP contribution is -2.10. The molecule has 152 valence electrons. The molecule has 0 saturated carbocycles. The smallest absolute Gasteiger partial charge is 0.223 e. The van der Waals surface area contributed by atoms with Crippen molar-refractivity contribution in [2.75, 3.05) is 16.4 Å². The Balaban J connectivity index is 1.50. The van der Waals surface area contributed by atoms with Gasteiger partial charge in [-0.05, 0) is 36.8 Å². The Morgan fingerprint density at radius 2 is 1.67 bits per heavy atom. The fourth-order valence-electron chi connectivity index (χ4n) is 2.98. The van der Waals surface area contributed by atoms with Crippen LogP contribution in [0.2, 0.25) is 0 Å². The first kappa shape index (κ1) is 19.3. The minimum absolute atomic E-state index is 0.0784. The van der Waals surface area contributed by atoms with Gasteiger partial charge in [0.15, 0.2) is 5.82 Å². The van der Waals surface area contributed by atoms with Crippen molar-refractivity contribution >= 4 is 23.4 Å². The Hall–Kier alpha value is -4.01. The number of hydrogen-bond donors (Lipinski definition) is 4. The van der Waals surface area contributed by atoms with E-state index >= 15 is 0 Å². The zero-order valence-corrected chi connectivity index (χ0v) is 16.0. The molecule has 7 nitrogen and oxygen atoms in total. The maximum atomic E-state index is 13.4. The van der Waals surface area contributed by atoms with Crippen LogP contribution in [0.3, 0.4) is 0 Å². The van der Waals surface area contributed by atoms with Crippen molar-refractivity contribution in [1.29, 1.82) is 0 Å². The summed E-state index contributed by atoms with van der Waals surface area (Å²) in [6, 6.07) is 15.7. The van der Waals surface area contributed by atoms with Crippen molar-refractivity contribution in [2.24, 2.45) is 0 Å². The summed E-state index contributed by atoms with van der Waals surface area (Å²) in [5, 5.41) is 13.3. The maximum Gasteiger partial charge on any atom is 0.223 e. The van der Waals surface area contributed by atoms with E-state index in [9.17, 15) is 8.78 Å². The zero-order chi connectivity index (χ0) is 21.1. The Morgan fingerprint density at radius 3 is 2.43 bits per heavy atom. The molecule has 30 heavy (non-hydrogen) atoms. The lowest BCUT2D eigenvalue weighted by atomic mass is 10.1. The van der Waals surface area contributed by atoms with Crippen molar-refractivity contribution < 1.29 is 8.78 Å². The van der Waals surface area contributed by atoms with E-state index < -0.39 is 0 Å². The average molecular weight is 407 g/mol. The van der Waals surface area contributed by atoms with Gasteiger partial charge < -0.3 is 16.4 Å². The highest BCUT2D eigenvalue weighted by Gasteiger charge is 2.10. The molecule has 1 unspecified atom stereocenters. The van der Waals surface area contributed by atoms with Gasteiger partial charge in [0.1, 0.15) is 23.3 Å². The Labute approximate surface area is 171 Å². The predicted octanol–water partition coefficient (Wildman–Crippen LogP) is 4.64. The van der Waals surface area contributed by atoms with Crippen molar-refractivity contribution in [3.05, 3.63) is 77.9 Å². The van der Waals surface area contributed by atoms with Gasteiger partial charge in [-0.3, -0.25) is 5.10 Å². The molecule has 4 aromatic rings. The molecule has 4 rings (SSSR count). The van der Waals surface area contributed by atoms with Gasteiger partial charge in [-0.15, -0.1) is 0 Å². The van der Waals surface area contributed by atoms with E-state index in [1.54, 1.807) is 36.4 Å². The van der Waals surface area contributed by atoms with E-state index in [4.69, 9.17) is 5.73 Å². The highest BCUT2D eigenvalue weighted by atomic mass is 19.1. The minimum atomic E-state index is -0.328. The van der Waals surface area contributed by atoms with E-state index in [1.807, 2.05) is 6.92 Å². The van der Waals surface area contributed by atoms with Crippen molar-refractivity contribution in [1.82, 2.24) is 20.2 Å². The number of H-pyrrole nitrogens is 1. The largest absolute Gasteiger partial charge is 0.368 e. The number of nitrogens with two attached hydrogens (primary N) is 1. The molecular weight excluding hydrogens is 388 g/mol. The van der Waals surface area contributed by atoms with Crippen molar-refractivity contribution in [3.63, 3.8) is 0 Å². The normalized spacial score (nSPS) is 11.8. The Kier molecular flexibility index (Phi) is 5.25. The lowest BCUT2D eigenvalue weighted by molar-refractivity contribution is 0.626. The predicted molar refractivity (Wildman–Crippen MR) is 112 cm³/mol. The molecule has 0 aliphatic heterocycles. The number of aromatic amines is 1. The molecule has 1 atom stereocenters. The molecule has 2 heterocycles. The van der Waals surface area contributed by atoms with Crippen LogP contribution in [0.4, 0.5) is 32.2 Å². The number of halogens is 2. The lowest BCUT2D eigenvalue weighted by Gasteiger charge is -2.16. The van der Waals surface area contributed by atoms with Crippen LogP contribution in [0.15, 0.2) is 60.7 Å². The molecule has 0 radical (unpaired) electrons. The van der Waals surface area contributed by atoms with Crippen LogP contribution >= 0.6 is 0 Å². The van der Waals surface area contributed by atoms with E-state index in [2.05, 4.69) is 30.8 Å². The second kappa shape index (κ2) is 8.16. The summed E-state index contributed by atoms with van der Waals surface area (Å²) in [5.74, 6) is 0.891. The van der Waals surface area contributed by atoms with E-state index in [0.717, 1.165) is 5.56 Å². The third-order valence-corrected chi connectivity index (χ3v) is 4.45. The Bertz CT molecular complexity index is 1160. The number of nitrogen functional groups attached to an aromatic ring is 1. The van der Waals surface area contributed by atoms with Crippen LogP contribution in [0.25, 0.3) is 11.3 Å². The maximum absolute atomic E-state index is 13.4. The molecule has 5 N–H and O–H groups in total. The molecule has 0 aliphatic rings. The number of aromatic nitrogens is 4. The first-order chi connectivity index (χ1) is 14.5. The molecule has 0 amide bonds. The summed E-state index contributed by atoms with van der Waals surface area (Å²) < 4.78 is 26.6. The summed E-state index contributed by atoms with van der Waals surface area (Å²) >= 11 is 0. The third-order valence-electron chi connectivity index (χ3n) is 4.45. The SMILES string of the molecule is CC(Nc1cc(Nc2cc(-c3cccc(F)c3)[nH]n2)nc(N)n1)c1ccc(F)cc1. The molecule has 0 saturated heterocycles. The second-order valence-corrected chi connectivity index (χ2v) is 6.72. The number of anilines is 4. The summed E-state index contributed by atoms with van der Waals surface area (Å²) in [4.78, 5) is 8.36. The summed E-state index contributed by atoms with van der Waals surface area (Å²) in [5.41, 5.74) is 8.07. The highest BCUT2D eigenvalue weighted by Crippen LogP contribution is 2.24. The summed E-state index contributed by atoms with van der Waals surface area (Å²) in [7, 11) is 0. The fraction of sp³-hybridized carbons (Fsp3) is 0.0952. The number of hydrogen-bond acceptors (Lipinski definition) is 6. The number of nitrogens with one attached hydrogen (secondary N) is 3. The van der Waals surface area contributed by atoms with Crippen molar-refractivity contribution in [3.8, 4) is 11.3 Å². The number of rotatable bonds is 6. The van der Waals surface area contributed by atoms with Crippen LogP contribution in [0.1, 0.15) is 18.5 Å². The van der Waals surface area contributed by atoms with Crippen LogP contribution < -0.4 is 16.4 Å². The quantitative estimate of drug-likeness (QED) is 0.371. The molecule has 2 aromatic heterocycles. The second-order valence-electron chi connectivity index (χ2n) is 6.72. The monoisotopic (exact) mass is 407 g/mol. The van der Waals surface area contributed by atoms with Crippen LogP contribution in [0.5, 0.6) is 0 Å². The number of benzene rings is 2. The molecule has 0 spiro atoms. The van der Waals surface area contributed by atoms with Gasteiger partial charge in [0.2, 0.25) is 5.95 Å². The van der Waals surface area contributed by atoms with Gasteiger partial charge in [-0.2, -0.15) is 15.1 Å². The average Bonchev–Trinajstić information content (AvgIpc) is 3.16.